The van der Waals surface area contributed by atoms with Crippen molar-refractivity contribution in [2.24, 2.45) is 0 Å². The highest BCUT2D eigenvalue weighted by Crippen LogP contribution is 2.35. The topological polar surface area (TPSA) is 27.7 Å². The molecule has 0 aliphatic heterocycles. The third kappa shape index (κ3) is 10.9. The molecule has 4 aromatic rings. The van der Waals surface area contributed by atoms with Gasteiger partial charge in [-0.05, 0) is 49.6 Å². The Labute approximate surface area is 265 Å². The molecule has 0 saturated carbocycles. The maximum atomic E-state index is 16.2. The minimum atomic E-state index is -1.64. The van der Waals surface area contributed by atoms with Crippen LogP contribution in [0.3, 0.4) is 0 Å². The SMILES string of the molecule is CCCC[N+](CCCC)(CCCC)c1cccc(OB(Oc2ccccc2F)Oc2ccccc2F)c1F.Fc1[c-]cccc1. The highest BCUT2D eigenvalue weighted by atomic mass is 19.1. The average molecular weight is 624 g/mol. The van der Waals surface area contributed by atoms with E-state index in [1.165, 1.54) is 54.6 Å². The number of rotatable bonds is 16. The Morgan fingerprint density at radius 3 is 1.47 bits per heavy atom. The van der Waals surface area contributed by atoms with Crippen molar-refractivity contribution in [3.63, 3.8) is 0 Å². The predicted molar refractivity (Wildman–Crippen MR) is 173 cm³/mol. The smallest absolute Gasteiger partial charge is 0.487 e. The van der Waals surface area contributed by atoms with Crippen molar-refractivity contribution in [1.82, 2.24) is 4.48 Å². The van der Waals surface area contributed by atoms with Crippen LogP contribution in [-0.4, -0.2) is 27.0 Å². The Bertz CT molecular complexity index is 1360. The monoisotopic (exact) mass is 623 g/mol. The second kappa shape index (κ2) is 18.7. The molecule has 4 aromatic carbocycles. The van der Waals surface area contributed by atoms with Crippen LogP contribution in [0, 0.1) is 29.3 Å². The Morgan fingerprint density at radius 1 is 0.578 bits per heavy atom. The Balaban J connectivity index is 0.000000693. The molecule has 0 amide bonds. The van der Waals surface area contributed by atoms with Crippen molar-refractivity contribution in [3.8, 4) is 17.2 Å². The van der Waals surface area contributed by atoms with Gasteiger partial charge >= 0.3 is 7.32 Å². The summed E-state index contributed by atoms with van der Waals surface area (Å²) in [5.74, 6) is -2.55. The van der Waals surface area contributed by atoms with Gasteiger partial charge in [-0.3, -0.25) is 4.48 Å². The molecular weight excluding hydrogens is 581 g/mol. The molecule has 0 fully saturated rings. The van der Waals surface area contributed by atoms with Crippen LogP contribution in [0.25, 0.3) is 0 Å². The molecule has 0 aliphatic rings. The van der Waals surface area contributed by atoms with Crippen molar-refractivity contribution in [1.29, 1.82) is 0 Å². The average Bonchev–Trinajstić information content (AvgIpc) is 3.05. The van der Waals surface area contributed by atoms with E-state index < -0.39 is 24.8 Å². The quantitative estimate of drug-likeness (QED) is 0.0538. The fraction of sp³-hybridized carbons (Fsp3) is 0.333. The van der Waals surface area contributed by atoms with E-state index in [9.17, 15) is 13.2 Å². The second-order valence-electron chi connectivity index (χ2n) is 10.7. The van der Waals surface area contributed by atoms with Crippen LogP contribution in [0.5, 0.6) is 17.2 Å². The maximum Gasteiger partial charge on any atom is 0.864 e. The first-order valence-corrected chi connectivity index (χ1v) is 15.6. The zero-order chi connectivity index (χ0) is 32.5. The highest BCUT2D eigenvalue weighted by molar-refractivity contribution is 6.39. The lowest BCUT2D eigenvalue weighted by atomic mass is 10.1. The molecule has 4 rings (SSSR count). The molecule has 0 aliphatic carbocycles. The summed E-state index contributed by atoms with van der Waals surface area (Å²) in [7, 11) is -1.64. The third-order valence-corrected chi connectivity index (χ3v) is 7.29. The van der Waals surface area contributed by atoms with Gasteiger partial charge in [0.1, 0.15) is 17.2 Å². The van der Waals surface area contributed by atoms with Gasteiger partial charge in [0.05, 0.1) is 19.6 Å². The van der Waals surface area contributed by atoms with Gasteiger partial charge in [-0.2, -0.15) is 22.6 Å². The van der Waals surface area contributed by atoms with E-state index in [2.05, 4.69) is 26.8 Å². The number of quaternary nitrogens is 1. The van der Waals surface area contributed by atoms with Gasteiger partial charge in [0.15, 0.2) is 17.3 Å². The molecular formula is C36H42BF4NO3. The Hall–Kier alpha value is -3.98. The zero-order valence-electron chi connectivity index (χ0n) is 26.3. The van der Waals surface area contributed by atoms with E-state index in [4.69, 9.17) is 14.0 Å². The number of para-hydroxylation sites is 2. The van der Waals surface area contributed by atoms with E-state index in [0.717, 1.165) is 58.2 Å². The van der Waals surface area contributed by atoms with Crippen molar-refractivity contribution < 1.29 is 31.5 Å². The van der Waals surface area contributed by atoms with E-state index in [0.29, 0.717) is 10.2 Å². The van der Waals surface area contributed by atoms with Gasteiger partial charge in [-0.15, -0.1) is 12.1 Å². The predicted octanol–water partition coefficient (Wildman–Crippen LogP) is 9.96. The van der Waals surface area contributed by atoms with Gasteiger partial charge in [0, 0.05) is 11.9 Å². The molecule has 0 heterocycles. The van der Waals surface area contributed by atoms with Crippen LogP contribution in [0.1, 0.15) is 59.3 Å². The first-order chi connectivity index (χ1) is 21.8. The summed E-state index contributed by atoms with van der Waals surface area (Å²) < 4.78 is 74.5. The lowest BCUT2D eigenvalue weighted by molar-refractivity contribution is 0.247. The molecule has 0 unspecified atom stereocenters. The lowest BCUT2D eigenvalue weighted by Gasteiger charge is -2.39. The normalized spacial score (nSPS) is 10.9. The number of halogens is 4. The summed E-state index contributed by atoms with van der Waals surface area (Å²) in [4.78, 5) is 0. The Kier molecular flexibility index (Phi) is 14.8. The highest BCUT2D eigenvalue weighted by Gasteiger charge is 2.37. The van der Waals surface area contributed by atoms with Crippen LogP contribution in [-0.2, 0) is 0 Å². The molecule has 0 aromatic heterocycles. The van der Waals surface area contributed by atoms with Crippen LogP contribution >= 0.6 is 0 Å². The molecule has 0 N–H and O–H groups in total. The zero-order valence-corrected chi connectivity index (χ0v) is 26.3. The van der Waals surface area contributed by atoms with Crippen molar-refractivity contribution in [2.45, 2.75) is 59.3 Å². The minimum absolute atomic E-state index is 0.104. The van der Waals surface area contributed by atoms with Crippen LogP contribution in [0.2, 0.25) is 0 Å². The molecule has 0 spiro atoms. The molecule has 0 radical (unpaired) electrons. The Morgan fingerprint density at radius 2 is 1.04 bits per heavy atom. The lowest BCUT2D eigenvalue weighted by Crippen LogP contribution is -2.52. The summed E-state index contributed by atoms with van der Waals surface area (Å²) in [6, 6.07) is 25.1. The van der Waals surface area contributed by atoms with E-state index in [-0.39, 0.29) is 23.1 Å². The standard InChI is InChI=1S/C30H38BF3NO3.C6H4F/c1-4-7-21-35(22-8-5-2,23-9-6-3)26-17-14-20-29(30(26)34)38-31(36-27-18-12-10-15-24(27)32)37-28-19-13-11-16-25(28)33;7-6-4-2-1-3-5-6/h10-20H,4-9,21-23H2,1-3H3;1-4H/q+1;-1. The number of nitrogens with zero attached hydrogens (tertiary/aromatic N) is 1. The molecule has 9 heteroatoms. The summed E-state index contributed by atoms with van der Waals surface area (Å²) in [5.41, 5.74) is 0.549. The maximum absolute atomic E-state index is 16.2. The fourth-order valence-electron chi connectivity index (χ4n) is 4.87. The van der Waals surface area contributed by atoms with Gasteiger partial charge in [0.2, 0.25) is 5.82 Å². The summed E-state index contributed by atoms with van der Waals surface area (Å²) >= 11 is 0. The number of unbranched alkanes of at least 4 members (excludes halogenated alkanes) is 3. The van der Waals surface area contributed by atoms with Crippen molar-refractivity contribution >= 4 is 13.0 Å². The van der Waals surface area contributed by atoms with E-state index in [1.54, 1.807) is 30.3 Å². The summed E-state index contributed by atoms with van der Waals surface area (Å²) in [6.07, 6.45) is 5.91. The number of benzene rings is 4. The van der Waals surface area contributed by atoms with Gasteiger partial charge < -0.3 is 14.0 Å². The van der Waals surface area contributed by atoms with E-state index >= 15 is 4.39 Å². The molecule has 45 heavy (non-hydrogen) atoms. The molecule has 4 nitrogen and oxygen atoms in total. The van der Waals surface area contributed by atoms with Crippen molar-refractivity contribution in [2.75, 3.05) is 19.6 Å². The van der Waals surface area contributed by atoms with Crippen molar-refractivity contribution in [3.05, 3.63) is 120 Å². The van der Waals surface area contributed by atoms with E-state index in [1.807, 2.05) is 6.07 Å². The molecule has 0 atom stereocenters. The largest absolute Gasteiger partial charge is 0.864 e. The molecule has 240 valence electrons. The van der Waals surface area contributed by atoms with Gasteiger partial charge in [-0.25, -0.2) is 13.2 Å². The second-order valence-corrected chi connectivity index (χ2v) is 10.7. The van der Waals surface area contributed by atoms with Crippen LogP contribution in [0.4, 0.5) is 23.2 Å². The number of hydrogen-bond acceptors (Lipinski definition) is 3. The first-order valence-electron chi connectivity index (χ1n) is 15.6. The molecule has 0 bridgehead atoms. The third-order valence-electron chi connectivity index (χ3n) is 7.29. The minimum Gasteiger partial charge on any atom is -0.487 e. The summed E-state index contributed by atoms with van der Waals surface area (Å²) in [5, 5.41) is 0. The number of hydrogen-bond donors (Lipinski definition) is 0. The van der Waals surface area contributed by atoms with Crippen LogP contribution < -0.4 is 18.4 Å². The fourth-order valence-corrected chi connectivity index (χ4v) is 4.87. The first kappa shape index (κ1) is 35.5. The van der Waals surface area contributed by atoms with Gasteiger partial charge in [0.25, 0.3) is 0 Å². The van der Waals surface area contributed by atoms with Gasteiger partial charge in [-0.1, -0.05) is 70.4 Å². The summed E-state index contributed by atoms with van der Waals surface area (Å²) in [6.45, 7) is 8.85. The molecule has 0 saturated heterocycles. The van der Waals surface area contributed by atoms with Crippen LogP contribution in [0.15, 0.2) is 91.0 Å².